The molecule has 0 saturated heterocycles. The highest BCUT2D eigenvalue weighted by molar-refractivity contribution is 6.30. The molecule has 0 atom stereocenters. The molecule has 3 aromatic rings. The molecule has 1 N–H and O–H groups in total. The van der Waals surface area contributed by atoms with Gasteiger partial charge in [-0.05, 0) is 48.2 Å². The summed E-state index contributed by atoms with van der Waals surface area (Å²) in [6.07, 6.45) is 2.98. The van der Waals surface area contributed by atoms with Crippen molar-refractivity contribution in [3.63, 3.8) is 0 Å². The molecule has 0 aliphatic carbocycles. The Bertz CT molecular complexity index is 777. The number of nitrogens with zero attached hydrogens (tertiary/aromatic N) is 1. The predicted molar refractivity (Wildman–Crippen MR) is 90.3 cm³/mol. The highest BCUT2D eigenvalue weighted by Crippen LogP contribution is 2.15. The first-order valence-electron chi connectivity index (χ1n) is 7.32. The van der Waals surface area contributed by atoms with Gasteiger partial charge in [0.1, 0.15) is 0 Å². The number of nitrogens with one attached hydrogen (secondary N) is 1. The van der Waals surface area contributed by atoms with Gasteiger partial charge in [-0.15, -0.1) is 0 Å². The molecule has 3 nitrogen and oxygen atoms in total. The Morgan fingerprint density at radius 2 is 1.82 bits per heavy atom. The van der Waals surface area contributed by atoms with Crippen LogP contribution in [0.5, 0.6) is 0 Å². The number of carbonyl (C=O) groups is 1. The molecule has 0 bridgehead atoms. The van der Waals surface area contributed by atoms with Gasteiger partial charge >= 0.3 is 0 Å². The van der Waals surface area contributed by atoms with Crippen LogP contribution < -0.4 is 5.32 Å². The highest BCUT2D eigenvalue weighted by Gasteiger charge is 2.04. The Kier molecular flexibility index (Phi) is 4.45. The average Bonchev–Trinajstić information content (AvgIpc) is 2.95. The van der Waals surface area contributed by atoms with E-state index in [1.165, 1.54) is 10.9 Å². The van der Waals surface area contributed by atoms with E-state index in [2.05, 4.69) is 34.3 Å². The Labute approximate surface area is 134 Å². The van der Waals surface area contributed by atoms with Crippen LogP contribution in [0.1, 0.15) is 16.8 Å². The maximum Gasteiger partial charge on any atom is 0.251 e. The number of hydrogen-bond donors (Lipinski definition) is 1. The molecule has 0 saturated carbocycles. The molecule has 3 rings (SSSR count). The van der Waals surface area contributed by atoms with Gasteiger partial charge in [-0.1, -0.05) is 29.8 Å². The number of halogens is 1. The van der Waals surface area contributed by atoms with Crippen LogP contribution in [-0.2, 0) is 6.54 Å². The third kappa shape index (κ3) is 3.31. The topological polar surface area (TPSA) is 34.0 Å². The van der Waals surface area contributed by atoms with Crippen molar-refractivity contribution in [1.82, 2.24) is 9.88 Å². The second-order valence-corrected chi connectivity index (χ2v) is 5.62. The predicted octanol–water partition coefficient (Wildman–Crippen LogP) is 4.11. The van der Waals surface area contributed by atoms with Gasteiger partial charge in [0.15, 0.2) is 0 Å². The molecule has 0 aliphatic heterocycles. The first-order chi connectivity index (χ1) is 10.7. The number of rotatable bonds is 5. The zero-order valence-corrected chi connectivity index (χ0v) is 12.9. The lowest BCUT2D eigenvalue weighted by atomic mass is 10.2. The highest BCUT2D eigenvalue weighted by atomic mass is 35.5. The van der Waals surface area contributed by atoms with E-state index >= 15 is 0 Å². The van der Waals surface area contributed by atoms with Crippen molar-refractivity contribution in [3.8, 4) is 0 Å². The van der Waals surface area contributed by atoms with Crippen molar-refractivity contribution < 1.29 is 4.79 Å². The van der Waals surface area contributed by atoms with E-state index in [-0.39, 0.29) is 5.91 Å². The lowest BCUT2D eigenvalue weighted by Crippen LogP contribution is -2.25. The number of para-hydroxylation sites is 1. The molecule has 0 fully saturated rings. The van der Waals surface area contributed by atoms with Gasteiger partial charge in [-0.25, -0.2) is 0 Å². The Balaban J connectivity index is 1.51. The molecule has 0 radical (unpaired) electrons. The smallest absolute Gasteiger partial charge is 0.251 e. The summed E-state index contributed by atoms with van der Waals surface area (Å²) in [5.41, 5.74) is 1.86. The number of hydrogen-bond acceptors (Lipinski definition) is 1. The first-order valence-corrected chi connectivity index (χ1v) is 7.69. The quantitative estimate of drug-likeness (QED) is 0.707. The lowest BCUT2D eigenvalue weighted by molar-refractivity contribution is 0.0953. The number of carbonyl (C=O) groups excluding carboxylic acids is 1. The summed E-state index contributed by atoms with van der Waals surface area (Å²) in [5.74, 6) is -0.0611. The molecule has 0 unspecified atom stereocenters. The molecular weight excluding hydrogens is 296 g/mol. The second-order valence-electron chi connectivity index (χ2n) is 5.18. The van der Waals surface area contributed by atoms with E-state index in [4.69, 9.17) is 11.6 Å². The fourth-order valence-electron chi connectivity index (χ4n) is 2.49. The summed E-state index contributed by atoms with van der Waals surface area (Å²) in [7, 11) is 0. The minimum Gasteiger partial charge on any atom is -0.352 e. The maximum atomic E-state index is 12.0. The van der Waals surface area contributed by atoms with Crippen LogP contribution in [0.2, 0.25) is 5.02 Å². The molecule has 0 aliphatic rings. The van der Waals surface area contributed by atoms with E-state index in [0.717, 1.165) is 13.0 Å². The van der Waals surface area contributed by atoms with Gasteiger partial charge in [0, 0.05) is 35.4 Å². The fourth-order valence-corrected chi connectivity index (χ4v) is 2.62. The minimum absolute atomic E-state index is 0.0611. The van der Waals surface area contributed by atoms with Crippen LogP contribution in [-0.4, -0.2) is 17.0 Å². The summed E-state index contributed by atoms with van der Waals surface area (Å²) in [4.78, 5) is 12.0. The largest absolute Gasteiger partial charge is 0.352 e. The molecule has 1 heterocycles. The molecule has 0 spiro atoms. The number of amides is 1. The third-order valence-corrected chi connectivity index (χ3v) is 3.90. The molecule has 1 aromatic heterocycles. The van der Waals surface area contributed by atoms with Crippen LogP contribution in [0.3, 0.4) is 0 Å². The third-order valence-electron chi connectivity index (χ3n) is 3.65. The summed E-state index contributed by atoms with van der Waals surface area (Å²) in [6, 6.07) is 17.3. The van der Waals surface area contributed by atoms with Crippen LogP contribution in [0, 0.1) is 0 Å². The van der Waals surface area contributed by atoms with Crippen molar-refractivity contribution in [2.75, 3.05) is 6.54 Å². The summed E-state index contributed by atoms with van der Waals surface area (Å²) >= 11 is 5.81. The van der Waals surface area contributed by atoms with Crippen molar-refractivity contribution in [2.45, 2.75) is 13.0 Å². The lowest BCUT2D eigenvalue weighted by Gasteiger charge is -2.07. The first kappa shape index (κ1) is 14.7. The van der Waals surface area contributed by atoms with Gasteiger partial charge in [0.2, 0.25) is 0 Å². The van der Waals surface area contributed by atoms with Crippen molar-refractivity contribution >= 4 is 28.4 Å². The van der Waals surface area contributed by atoms with E-state index < -0.39 is 0 Å². The van der Waals surface area contributed by atoms with Gasteiger partial charge in [0.25, 0.3) is 5.91 Å². The standard InChI is InChI=1S/C18H17ClN2O/c19-16-8-6-15(7-9-16)18(22)20-11-3-12-21-13-10-14-4-1-2-5-17(14)21/h1-2,4-10,13H,3,11-12H2,(H,20,22). The van der Waals surface area contributed by atoms with Crippen molar-refractivity contribution in [2.24, 2.45) is 0 Å². The zero-order chi connectivity index (χ0) is 15.4. The van der Waals surface area contributed by atoms with Crippen LogP contribution in [0.15, 0.2) is 60.8 Å². The Hall–Kier alpha value is -2.26. The molecule has 2 aromatic carbocycles. The van der Waals surface area contributed by atoms with Gasteiger partial charge < -0.3 is 9.88 Å². The van der Waals surface area contributed by atoms with E-state index in [0.29, 0.717) is 17.1 Å². The number of benzene rings is 2. The monoisotopic (exact) mass is 312 g/mol. The summed E-state index contributed by atoms with van der Waals surface area (Å²) in [6.45, 7) is 1.53. The average molecular weight is 313 g/mol. The van der Waals surface area contributed by atoms with Crippen molar-refractivity contribution in [1.29, 1.82) is 0 Å². The maximum absolute atomic E-state index is 12.0. The SMILES string of the molecule is O=C(NCCCn1ccc2ccccc21)c1ccc(Cl)cc1. The Morgan fingerprint density at radius 1 is 1.05 bits per heavy atom. The van der Waals surface area contributed by atoms with Gasteiger partial charge in [-0.2, -0.15) is 0 Å². The van der Waals surface area contributed by atoms with Crippen LogP contribution in [0.25, 0.3) is 10.9 Å². The number of aromatic nitrogens is 1. The van der Waals surface area contributed by atoms with Crippen LogP contribution in [0.4, 0.5) is 0 Å². The fraction of sp³-hybridized carbons (Fsp3) is 0.167. The summed E-state index contributed by atoms with van der Waals surface area (Å²) < 4.78 is 2.21. The molecule has 112 valence electrons. The zero-order valence-electron chi connectivity index (χ0n) is 12.1. The van der Waals surface area contributed by atoms with E-state index in [9.17, 15) is 4.79 Å². The Morgan fingerprint density at radius 3 is 2.64 bits per heavy atom. The summed E-state index contributed by atoms with van der Waals surface area (Å²) in [5, 5.41) is 4.81. The van der Waals surface area contributed by atoms with E-state index in [1.54, 1.807) is 24.3 Å². The molecule has 22 heavy (non-hydrogen) atoms. The van der Waals surface area contributed by atoms with Crippen molar-refractivity contribution in [3.05, 3.63) is 71.4 Å². The normalized spacial score (nSPS) is 10.8. The van der Waals surface area contributed by atoms with Gasteiger partial charge in [-0.3, -0.25) is 4.79 Å². The molecule has 4 heteroatoms. The second kappa shape index (κ2) is 6.67. The number of aryl methyl sites for hydroxylation is 1. The van der Waals surface area contributed by atoms with Crippen LogP contribution >= 0.6 is 11.6 Å². The number of fused-ring (bicyclic) bond motifs is 1. The van der Waals surface area contributed by atoms with Gasteiger partial charge in [0.05, 0.1) is 0 Å². The molecule has 1 amide bonds. The molecular formula is C18H17ClN2O. The minimum atomic E-state index is -0.0611. The van der Waals surface area contributed by atoms with E-state index in [1.807, 2.05) is 12.1 Å².